The van der Waals surface area contributed by atoms with Gasteiger partial charge in [0, 0.05) is 18.0 Å². The lowest BCUT2D eigenvalue weighted by Gasteiger charge is -2.33. The molecule has 1 aromatic rings. The van der Waals surface area contributed by atoms with Crippen LogP contribution in [0.4, 0.5) is 5.82 Å². The van der Waals surface area contributed by atoms with Crippen molar-refractivity contribution in [2.24, 2.45) is 11.8 Å². The number of nitrogens with one attached hydrogen (secondary N) is 2. The highest BCUT2D eigenvalue weighted by molar-refractivity contribution is 5.35. The average Bonchev–Trinajstić information content (AvgIpc) is 2.32. The molecule has 0 aromatic carbocycles. The summed E-state index contributed by atoms with van der Waals surface area (Å²) in [5.41, 5.74) is -0.0713. The largest absolute Gasteiger partial charge is 0.367 e. The first-order valence-electron chi connectivity index (χ1n) is 7.33. The van der Waals surface area contributed by atoms with Crippen molar-refractivity contribution in [3.8, 4) is 0 Å². The first kappa shape index (κ1) is 14.1. The molecule has 0 saturated heterocycles. The Morgan fingerprint density at radius 2 is 2.11 bits per heavy atom. The van der Waals surface area contributed by atoms with Gasteiger partial charge in [-0.2, -0.15) is 0 Å². The van der Waals surface area contributed by atoms with Crippen LogP contribution < -0.4 is 10.9 Å². The van der Waals surface area contributed by atoms with E-state index in [9.17, 15) is 4.79 Å². The molecular formula is C15H25N3O. The zero-order valence-corrected chi connectivity index (χ0v) is 12.4. The molecule has 0 aliphatic heterocycles. The van der Waals surface area contributed by atoms with Gasteiger partial charge in [0.1, 0.15) is 11.6 Å². The van der Waals surface area contributed by atoms with Crippen molar-refractivity contribution < 1.29 is 0 Å². The Kier molecular flexibility index (Phi) is 4.27. The van der Waals surface area contributed by atoms with E-state index in [4.69, 9.17) is 0 Å². The van der Waals surface area contributed by atoms with E-state index in [-0.39, 0.29) is 11.5 Å². The van der Waals surface area contributed by atoms with Crippen molar-refractivity contribution in [2.75, 3.05) is 5.32 Å². The molecule has 3 atom stereocenters. The summed E-state index contributed by atoms with van der Waals surface area (Å²) in [5, 5.41) is 3.46. The van der Waals surface area contributed by atoms with E-state index in [0.29, 0.717) is 12.0 Å². The molecule has 2 N–H and O–H groups in total. The van der Waals surface area contributed by atoms with E-state index in [0.717, 1.165) is 24.0 Å². The molecule has 1 aliphatic rings. The van der Waals surface area contributed by atoms with Crippen LogP contribution in [0.15, 0.2) is 10.9 Å². The molecule has 0 radical (unpaired) electrons. The summed E-state index contributed by atoms with van der Waals surface area (Å²) >= 11 is 0. The highest BCUT2D eigenvalue weighted by Crippen LogP contribution is 2.30. The minimum atomic E-state index is -0.0713. The normalized spacial score (nSPS) is 27.5. The van der Waals surface area contributed by atoms with Gasteiger partial charge in [-0.3, -0.25) is 4.79 Å². The van der Waals surface area contributed by atoms with Crippen LogP contribution in [-0.4, -0.2) is 16.0 Å². The van der Waals surface area contributed by atoms with Crippen LogP contribution in [0.3, 0.4) is 0 Å². The molecule has 0 spiro atoms. The molecule has 3 unspecified atom stereocenters. The number of rotatable bonds is 3. The van der Waals surface area contributed by atoms with Gasteiger partial charge in [-0.25, -0.2) is 4.98 Å². The smallest absolute Gasteiger partial charge is 0.252 e. The van der Waals surface area contributed by atoms with Crippen LogP contribution in [0, 0.1) is 11.8 Å². The minimum absolute atomic E-state index is 0.0713. The Bertz CT molecular complexity index is 481. The molecule has 1 saturated carbocycles. The summed E-state index contributed by atoms with van der Waals surface area (Å²) in [7, 11) is 0. The fraction of sp³-hybridized carbons (Fsp3) is 0.733. The van der Waals surface area contributed by atoms with Crippen LogP contribution in [0.5, 0.6) is 0 Å². The third-order valence-electron chi connectivity index (χ3n) is 4.07. The van der Waals surface area contributed by atoms with Gasteiger partial charge in [0.15, 0.2) is 0 Å². The number of aromatic amines is 1. The summed E-state index contributed by atoms with van der Waals surface area (Å²) in [6.45, 7) is 8.67. The van der Waals surface area contributed by atoms with Gasteiger partial charge in [-0.15, -0.1) is 0 Å². The third kappa shape index (κ3) is 3.58. The molecule has 1 heterocycles. The van der Waals surface area contributed by atoms with E-state index >= 15 is 0 Å². The lowest BCUT2D eigenvalue weighted by atomic mass is 9.80. The second-order valence-electron chi connectivity index (χ2n) is 6.32. The van der Waals surface area contributed by atoms with Gasteiger partial charge >= 0.3 is 0 Å². The van der Waals surface area contributed by atoms with Crippen LogP contribution in [0.2, 0.25) is 0 Å². The van der Waals surface area contributed by atoms with Gasteiger partial charge in [-0.05, 0) is 31.1 Å². The lowest BCUT2D eigenvalue weighted by molar-refractivity contribution is 0.276. The lowest BCUT2D eigenvalue weighted by Crippen LogP contribution is -2.33. The number of H-pyrrole nitrogens is 1. The minimum Gasteiger partial charge on any atom is -0.367 e. The van der Waals surface area contributed by atoms with E-state index in [1.807, 2.05) is 13.8 Å². The predicted octanol–water partition coefficient (Wildman–Crippen LogP) is 3.13. The molecule has 0 bridgehead atoms. The van der Waals surface area contributed by atoms with Crippen molar-refractivity contribution in [1.29, 1.82) is 0 Å². The number of nitrogens with zero attached hydrogens (tertiary/aromatic N) is 1. The zero-order chi connectivity index (χ0) is 14.0. The number of hydrogen-bond donors (Lipinski definition) is 2. The van der Waals surface area contributed by atoms with Crippen LogP contribution in [0.1, 0.15) is 58.7 Å². The molecule has 4 heteroatoms. The second-order valence-corrected chi connectivity index (χ2v) is 6.32. The Hall–Kier alpha value is -1.32. The maximum atomic E-state index is 11.7. The van der Waals surface area contributed by atoms with Crippen molar-refractivity contribution >= 4 is 5.82 Å². The van der Waals surface area contributed by atoms with Crippen molar-refractivity contribution in [3.05, 3.63) is 22.2 Å². The molecule has 1 aromatic heterocycles. The summed E-state index contributed by atoms with van der Waals surface area (Å²) < 4.78 is 0. The summed E-state index contributed by atoms with van der Waals surface area (Å²) in [6, 6.07) is 2.00. The van der Waals surface area contributed by atoms with E-state index in [2.05, 4.69) is 29.1 Å². The van der Waals surface area contributed by atoms with E-state index in [1.165, 1.54) is 12.8 Å². The van der Waals surface area contributed by atoms with Gasteiger partial charge < -0.3 is 10.3 Å². The third-order valence-corrected chi connectivity index (χ3v) is 4.07. The standard InChI is InChI=1S/C15H25N3O/c1-9(2)15-17-13(8-14(19)18-15)16-12-6-5-10(3)7-11(12)4/h8-12H,5-7H2,1-4H3,(H2,16,17,18,19). The number of hydrogen-bond acceptors (Lipinski definition) is 3. The Labute approximate surface area is 115 Å². The fourth-order valence-electron chi connectivity index (χ4n) is 2.89. The Balaban J connectivity index is 2.12. The summed E-state index contributed by atoms with van der Waals surface area (Å²) in [4.78, 5) is 19.0. The first-order valence-corrected chi connectivity index (χ1v) is 7.33. The number of aromatic nitrogens is 2. The Morgan fingerprint density at radius 3 is 2.74 bits per heavy atom. The second kappa shape index (κ2) is 5.76. The summed E-state index contributed by atoms with van der Waals surface area (Å²) in [5.74, 6) is 3.16. The molecular weight excluding hydrogens is 238 g/mol. The van der Waals surface area contributed by atoms with Gasteiger partial charge in [0.2, 0.25) is 0 Å². The molecule has 19 heavy (non-hydrogen) atoms. The van der Waals surface area contributed by atoms with Crippen LogP contribution in [-0.2, 0) is 0 Å². The van der Waals surface area contributed by atoms with Crippen molar-refractivity contribution in [2.45, 2.75) is 58.9 Å². The maximum Gasteiger partial charge on any atom is 0.252 e. The summed E-state index contributed by atoms with van der Waals surface area (Å²) in [6.07, 6.45) is 3.66. The average molecular weight is 263 g/mol. The highest BCUT2D eigenvalue weighted by Gasteiger charge is 2.25. The molecule has 2 rings (SSSR count). The van der Waals surface area contributed by atoms with Crippen LogP contribution in [0.25, 0.3) is 0 Å². The molecule has 1 fully saturated rings. The van der Waals surface area contributed by atoms with E-state index in [1.54, 1.807) is 6.07 Å². The zero-order valence-electron chi connectivity index (χ0n) is 12.4. The molecule has 106 valence electrons. The van der Waals surface area contributed by atoms with Crippen molar-refractivity contribution in [1.82, 2.24) is 9.97 Å². The van der Waals surface area contributed by atoms with Gasteiger partial charge in [-0.1, -0.05) is 27.7 Å². The number of anilines is 1. The molecule has 1 aliphatic carbocycles. The Morgan fingerprint density at radius 1 is 1.37 bits per heavy atom. The maximum absolute atomic E-state index is 11.7. The van der Waals surface area contributed by atoms with Crippen LogP contribution >= 0.6 is 0 Å². The first-order chi connectivity index (χ1) is 8.95. The SMILES string of the molecule is CC1CCC(Nc2cc(=O)[nH]c(C(C)C)n2)C(C)C1. The molecule has 4 nitrogen and oxygen atoms in total. The van der Waals surface area contributed by atoms with Gasteiger partial charge in [0.05, 0.1) is 0 Å². The molecule has 0 amide bonds. The quantitative estimate of drug-likeness (QED) is 0.881. The topological polar surface area (TPSA) is 57.8 Å². The fourth-order valence-corrected chi connectivity index (χ4v) is 2.89. The highest BCUT2D eigenvalue weighted by atomic mass is 16.1. The predicted molar refractivity (Wildman–Crippen MR) is 78.5 cm³/mol. The van der Waals surface area contributed by atoms with Crippen molar-refractivity contribution in [3.63, 3.8) is 0 Å². The van der Waals surface area contributed by atoms with Gasteiger partial charge in [0.25, 0.3) is 5.56 Å². The monoisotopic (exact) mass is 263 g/mol. The van der Waals surface area contributed by atoms with E-state index < -0.39 is 0 Å².